The highest BCUT2D eigenvalue weighted by molar-refractivity contribution is 5.97. The first-order chi connectivity index (χ1) is 11.9. The maximum atomic E-state index is 11.9. The van der Waals surface area contributed by atoms with E-state index >= 15 is 0 Å². The molecule has 1 amide bonds. The van der Waals surface area contributed by atoms with Crippen molar-refractivity contribution in [2.24, 2.45) is 5.73 Å². The van der Waals surface area contributed by atoms with Gasteiger partial charge in [-0.2, -0.15) is 0 Å². The van der Waals surface area contributed by atoms with Crippen molar-refractivity contribution < 1.29 is 24.0 Å². The van der Waals surface area contributed by atoms with Crippen LogP contribution in [0.25, 0.3) is 6.08 Å². The molecule has 0 aliphatic rings. The van der Waals surface area contributed by atoms with E-state index in [0.717, 1.165) is 6.08 Å². The van der Waals surface area contributed by atoms with Crippen molar-refractivity contribution in [1.82, 2.24) is 0 Å². The van der Waals surface area contributed by atoms with E-state index in [2.05, 4.69) is 0 Å². The molecule has 0 radical (unpaired) electrons. The number of esters is 1. The van der Waals surface area contributed by atoms with Gasteiger partial charge in [-0.25, -0.2) is 4.79 Å². The van der Waals surface area contributed by atoms with E-state index in [0.29, 0.717) is 11.3 Å². The van der Waals surface area contributed by atoms with Crippen molar-refractivity contribution in [3.63, 3.8) is 0 Å². The van der Waals surface area contributed by atoms with Gasteiger partial charge < -0.3 is 15.2 Å². The molecule has 128 valence electrons. The lowest BCUT2D eigenvalue weighted by Gasteiger charge is -2.08. The Morgan fingerprint density at radius 2 is 1.96 bits per heavy atom. The molecule has 0 aliphatic heterocycles. The summed E-state index contributed by atoms with van der Waals surface area (Å²) in [5.41, 5.74) is 5.62. The number of carbonyl (C=O) groups excluding carboxylic acids is 2. The highest BCUT2D eigenvalue weighted by atomic mass is 16.6. The molecule has 25 heavy (non-hydrogen) atoms. The van der Waals surface area contributed by atoms with E-state index in [1.165, 1.54) is 49.6 Å². The van der Waals surface area contributed by atoms with Crippen LogP contribution in [0.5, 0.6) is 11.5 Å². The molecule has 8 nitrogen and oxygen atoms in total. The number of benzene rings is 2. The Kier molecular flexibility index (Phi) is 5.47. The van der Waals surface area contributed by atoms with E-state index in [1.54, 1.807) is 6.07 Å². The number of ether oxygens (including phenoxy) is 2. The van der Waals surface area contributed by atoms with E-state index < -0.39 is 16.8 Å². The molecule has 2 aromatic rings. The van der Waals surface area contributed by atoms with Gasteiger partial charge >= 0.3 is 5.97 Å². The van der Waals surface area contributed by atoms with Gasteiger partial charge in [0.05, 0.1) is 17.6 Å². The molecule has 0 saturated carbocycles. The number of nitrogens with zero attached hydrogens (tertiary/aromatic N) is 1. The normalized spacial score (nSPS) is 10.4. The summed E-state index contributed by atoms with van der Waals surface area (Å²) in [6.45, 7) is 0. The molecule has 0 unspecified atom stereocenters. The second-order valence-corrected chi connectivity index (χ2v) is 4.83. The molecule has 0 spiro atoms. The summed E-state index contributed by atoms with van der Waals surface area (Å²) in [6, 6.07) is 9.99. The van der Waals surface area contributed by atoms with Crippen molar-refractivity contribution in [3.05, 3.63) is 69.8 Å². The number of nitro benzene ring substituents is 1. The molecule has 2 rings (SSSR count). The molecule has 0 saturated heterocycles. The van der Waals surface area contributed by atoms with Crippen molar-refractivity contribution >= 4 is 23.6 Å². The number of hydrogen-bond acceptors (Lipinski definition) is 6. The van der Waals surface area contributed by atoms with Gasteiger partial charge in [0.2, 0.25) is 0 Å². The van der Waals surface area contributed by atoms with E-state index in [4.69, 9.17) is 15.2 Å². The zero-order chi connectivity index (χ0) is 18.4. The summed E-state index contributed by atoms with van der Waals surface area (Å²) in [6.07, 6.45) is 2.45. The van der Waals surface area contributed by atoms with Crippen LogP contribution >= 0.6 is 0 Å². The number of methoxy groups -OCH3 is 1. The highest BCUT2D eigenvalue weighted by Crippen LogP contribution is 2.25. The van der Waals surface area contributed by atoms with Gasteiger partial charge in [0.1, 0.15) is 11.5 Å². The van der Waals surface area contributed by atoms with Crippen molar-refractivity contribution in [2.45, 2.75) is 0 Å². The smallest absolute Gasteiger partial charge is 0.336 e. The lowest BCUT2D eigenvalue weighted by atomic mass is 10.2. The fraction of sp³-hybridized carbons (Fsp3) is 0.0588. The number of non-ortho nitro benzene ring substituents is 1. The molecule has 2 N–H and O–H groups in total. The molecule has 0 atom stereocenters. The molecule has 0 fully saturated rings. The molecular formula is C17H14N2O6. The van der Waals surface area contributed by atoms with Crippen molar-refractivity contribution in [1.29, 1.82) is 0 Å². The van der Waals surface area contributed by atoms with Crippen LogP contribution in [0.2, 0.25) is 0 Å². The molecule has 0 bridgehead atoms. The van der Waals surface area contributed by atoms with Crippen molar-refractivity contribution in [2.75, 3.05) is 7.11 Å². The summed E-state index contributed by atoms with van der Waals surface area (Å²) in [7, 11) is 1.42. The van der Waals surface area contributed by atoms with E-state index in [1.807, 2.05) is 0 Å². The number of nitro groups is 1. The average Bonchev–Trinajstić information content (AvgIpc) is 2.59. The topological polar surface area (TPSA) is 122 Å². The monoisotopic (exact) mass is 342 g/mol. The average molecular weight is 342 g/mol. The van der Waals surface area contributed by atoms with Gasteiger partial charge in [-0.3, -0.25) is 14.9 Å². The van der Waals surface area contributed by atoms with E-state index in [-0.39, 0.29) is 17.0 Å². The third-order valence-corrected chi connectivity index (χ3v) is 3.16. The van der Waals surface area contributed by atoms with Crippen LogP contribution in [-0.2, 0) is 4.79 Å². The third kappa shape index (κ3) is 4.64. The molecule has 0 aromatic heterocycles. The first-order valence-electron chi connectivity index (χ1n) is 7.03. The fourth-order valence-electron chi connectivity index (χ4n) is 1.97. The second-order valence-electron chi connectivity index (χ2n) is 4.83. The maximum Gasteiger partial charge on any atom is 0.336 e. The van der Waals surface area contributed by atoms with Gasteiger partial charge in [0.15, 0.2) is 0 Å². The minimum absolute atomic E-state index is 0.0258. The highest BCUT2D eigenvalue weighted by Gasteiger charge is 2.13. The Hall–Kier alpha value is -3.68. The largest absolute Gasteiger partial charge is 0.497 e. The summed E-state index contributed by atoms with van der Waals surface area (Å²) in [5, 5.41) is 10.7. The van der Waals surface area contributed by atoms with Crippen molar-refractivity contribution in [3.8, 4) is 11.5 Å². The Morgan fingerprint density at radius 3 is 2.60 bits per heavy atom. The maximum absolute atomic E-state index is 11.9. The number of primary amides is 1. The summed E-state index contributed by atoms with van der Waals surface area (Å²) in [5.74, 6) is -1.19. The Morgan fingerprint density at radius 1 is 1.20 bits per heavy atom. The number of hydrogen-bond donors (Lipinski definition) is 1. The molecule has 8 heteroatoms. The van der Waals surface area contributed by atoms with Gasteiger partial charge in [0, 0.05) is 24.3 Å². The lowest BCUT2D eigenvalue weighted by molar-refractivity contribution is -0.384. The van der Waals surface area contributed by atoms with Gasteiger partial charge in [-0.1, -0.05) is 12.1 Å². The van der Waals surface area contributed by atoms with Crippen LogP contribution in [0.4, 0.5) is 5.69 Å². The fourth-order valence-corrected chi connectivity index (χ4v) is 1.97. The summed E-state index contributed by atoms with van der Waals surface area (Å²) >= 11 is 0. The SMILES string of the molecule is COc1ccc(C(N)=O)c(OC(=O)/C=C/c2cccc([N+](=O)[O-])c2)c1. The Labute approximate surface area is 142 Å². The van der Waals surface area contributed by atoms with Gasteiger partial charge in [-0.15, -0.1) is 0 Å². The minimum Gasteiger partial charge on any atom is -0.497 e. The predicted octanol–water partition coefficient (Wildman–Crippen LogP) is 2.32. The number of nitrogens with two attached hydrogens (primary N) is 1. The number of carbonyl (C=O) groups is 2. The van der Waals surface area contributed by atoms with Gasteiger partial charge in [-0.05, 0) is 23.8 Å². The first-order valence-corrected chi connectivity index (χ1v) is 7.03. The van der Waals surface area contributed by atoms with Crippen LogP contribution in [0, 0.1) is 10.1 Å². The van der Waals surface area contributed by atoms with Crippen LogP contribution in [0.3, 0.4) is 0 Å². The van der Waals surface area contributed by atoms with Crippen LogP contribution < -0.4 is 15.2 Å². The minimum atomic E-state index is -0.776. The van der Waals surface area contributed by atoms with E-state index in [9.17, 15) is 19.7 Å². The second kappa shape index (κ2) is 7.73. The van der Waals surface area contributed by atoms with Crippen LogP contribution in [-0.4, -0.2) is 23.9 Å². The Balaban J connectivity index is 2.18. The quantitative estimate of drug-likeness (QED) is 0.283. The molecule has 2 aromatic carbocycles. The summed E-state index contributed by atoms with van der Waals surface area (Å²) < 4.78 is 10.1. The molecule has 0 heterocycles. The van der Waals surface area contributed by atoms with Crippen LogP contribution in [0.15, 0.2) is 48.5 Å². The number of amides is 1. The predicted molar refractivity (Wildman–Crippen MR) is 89.3 cm³/mol. The van der Waals surface area contributed by atoms with Gasteiger partial charge in [0.25, 0.3) is 11.6 Å². The van der Waals surface area contributed by atoms with Crippen LogP contribution in [0.1, 0.15) is 15.9 Å². The first kappa shape index (κ1) is 17.7. The zero-order valence-electron chi connectivity index (χ0n) is 13.2. The lowest BCUT2D eigenvalue weighted by Crippen LogP contribution is -2.15. The Bertz CT molecular complexity index is 860. The molecule has 0 aliphatic carbocycles. The number of rotatable bonds is 6. The molecular weight excluding hydrogens is 328 g/mol. The summed E-state index contributed by atoms with van der Waals surface area (Å²) in [4.78, 5) is 33.5. The standard InChI is InChI=1S/C17H14N2O6/c1-24-13-6-7-14(17(18)21)15(10-13)25-16(20)8-5-11-3-2-4-12(9-11)19(22)23/h2-10H,1H3,(H2,18,21)/b8-5+. The zero-order valence-corrected chi connectivity index (χ0v) is 13.2. The third-order valence-electron chi connectivity index (χ3n) is 3.16.